The number of hydrogen-bond acceptors (Lipinski definition) is 3. The monoisotopic (exact) mass is 255 g/mol. The van der Waals surface area contributed by atoms with Gasteiger partial charge in [-0.3, -0.25) is 0 Å². The van der Waals surface area contributed by atoms with Gasteiger partial charge >= 0.3 is 0 Å². The molecule has 4 nitrogen and oxygen atoms in total. The van der Waals surface area contributed by atoms with E-state index in [9.17, 15) is 13.5 Å². The zero-order valence-electron chi connectivity index (χ0n) is 9.76. The van der Waals surface area contributed by atoms with E-state index >= 15 is 0 Å². The van der Waals surface area contributed by atoms with Crippen molar-refractivity contribution < 1.29 is 13.5 Å². The van der Waals surface area contributed by atoms with Gasteiger partial charge in [0, 0.05) is 6.04 Å². The molecule has 0 bridgehead atoms. The molecule has 1 aliphatic carbocycles. The number of rotatable bonds is 3. The van der Waals surface area contributed by atoms with Crippen molar-refractivity contribution in [2.45, 2.75) is 43.2 Å². The number of benzene rings is 1. The minimum absolute atomic E-state index is 0.252. The average Bonchev–Trinajstić information content (AvgIpc) is 2.64. The third kappa shape index (κ3) is 2.86. The Morgan fingerprint density at radius 3 is 2.41 bits per heavy atom. The van der Waals surface area contributed by atoms with Gasteiger partial charge in [0.2, 0.25) is 10.0 Å². The highest BCUT2D eigenvalue weighted by molar-refractivity contribution is 7.89. The maximum absolute atomic E-state index is 12.0. The first-order valence-corrected chi connectivity index (χ1v) is 7.24. The Hall–Kier alpha value is -0.910. The van der Waals surface area contributed by atoms with Gasteiger partial charge in [0.05, 0.1) is 11.0 Å². The maximum Gasteiger partial charge on any atom is 0.240 e. The topological polar surface area (TPSA) is 66.4 Å². The van der Waals surface area contributed by atoms with Crippen LogP contribution in [-0.4, -0.2) is 25.7 Å². The van der Waals surface area contributed by atoms with Crippen molar-refractivity contribution in [2.75, 3.05) is 0 Å². The third-order valence-electron chi connectivity index (χ3n) is 3.12. The standard InChI is InChI=1S/C12H17NO3S/c1-9-5-7-10(8-6-9)17(15,16)13-11-3-2-4-12(11)14/h5-8,11-14H,2-4H2,1H3/t11-,12-/m1/s1. The number of nitrogens with one attached hydrogen (secondary N) is 1. The summed E-state index contributed by atoms with van der Waals surface area (Å²) in [6.07, 6.45) is 1.67. The molecule has 1 aliphatic rings. The van der Waals surface area contributed by atoms with Crippen molar-refractivity contribution in [3.8, 4) is 0 Å². The zero-order chi connectivity index (χ0) is 12.5. The molecule has 0 heterocycles. The highest BCUT2D eigenvalue weighted by Crippen LogP contribution is 2.21. The van der Waals surface area contributed by atoms with Crippen molar-refractivity contribution >= 4 is 10.0 Å². The number of aliphatic hydroxyl groups is 1. The lowest BCUT2D eigenvalue weighted by atomic mass is 10.2. The van der Waals surface area contributed by atoms with Gasteiger partial charge in [0.1, 0.15) is 0 Å². The summed E-state index contributed by atoms with van der Waals surface area (Å²) in [4.78, 5) is 0.252. The summed E-state index contributed by atoms with van der Waals surface area (Å²) in [5, 5.41) is 9.62. The summed E-state index contributed by atoms with van der Waals surface area (Å²) in [5.41, 5.74) is 1.02. The van der Waals surface area contributed by atoms with Crippen LogP contribution in [0.1, 0.15) is 24.8 Å². The molecule has 17 heavy (non-hydrogen) atoms. The Morgan fingerprint density at radius 2 is 1.88 bits per heavy atom. The quantitative estimate of drug-likeness (QED) is 0.852. The van der Waals surface area contributed by atoms with E-state index in [-0.39, 0.29) is 10.9 Å². The summed E-state index contributed by atoms with van der Waals surface area (Å²) in [5.74, 6) is 0. The Bertz CT molecular complexity index is 481. The molecule has 94 valence electrons. The Labute approximate surface area is 102 Å². The summed E-state index contributed by atoms with van der Waals surface area (Å²) in [6.45, 7) is 1.91. The smallest absolute Gasteiger partial charge is 0.240 e. The summed E-state index contributed by atoms with van der Waals surface area (Å²) in [7, 11) is -3.50. The second-order valence-electron chi connectivity index (χ2n) is 4.54. The Balaban J connectivity index is 2.16. The zero-order valence-corrected chi connectivity index (χ0v) is 10.6. The molecular formula is C12H17NO3S. The van der Waals surface area contributed by atoms with Gasteiger partial charge in [-0.05, 0) is 38.3 Å². The first-order chi connectivity index (χ1) is 7.99. The molecule has 1 aromatic carbocycles. The van der Waals surface area contributed by atoms with Crippen molar-refractivity contribution in [2.24, 2.45) is 0 Å². The molecule has 1 aromatic rings. The first-order valence-electron chi connectivity index (χ1n) is 5.76. The lowest BCUT2D eigenvalue weighted by Crippen LogP contribution is -2.39. The normalized spacial score (nSPS) is 25.1. The molecule has 0 amide bonds. The van der Waals surface area contributed by atoms with Crippen LogP contribution < -0.4 is 4.72 Å². The molecule has 0 aromatic heterocycles. The highest BCUT2D eigenvalue weighted by Gasteiger charge is 2.29. The van der Waals surface area contributed by atoms with Crippen LogP contribution in [0.25, 0.3) is 0 Å². The number of sulfonamides is 1. The second-order valence-corrected chi connectivity index (χ2v) is 6.25. The molecule has 0 radical (unpaired) electrons. The van der Waals surface area contributed by atoms with Crippen molar-refractivity contribution in [1.29, 1.82) is 0 Å². The lowest BCUT2D eigenvalue weighted by Gasteiger charge is -2.16. The minimum atomic E-state index is -3.50. The Morgan fingerprint density at radius 1 is 1.24 bits per heavy atom. The fraction of sp³-hybridized carbons (Fsp3) is 0.500. The summed E-state index contributed by atoms with van der Waals surface area (Å²) >= 11 is 0. The average molecular weight is 255 g/mol. The van der Waals surface area contributed by atoms with Gasteiger partial charge in [0.25, 0.3) is 0 Å². The van der Waals surface area contributed by atoms with Gasteiger partial charge in [0.15, 0.2) is 0 Å². The molecule has 0 unspecified atom stereocenters. The van der Waals surface area contributed by atoms with Crippen LogP contribution in [0.5, 0.6) is 0 Å². The lowest BCUT2D eigenvalue weighted by molar-refractivity contribution is 0.159. The summed E-state index contributed by atoms with van der Waals surface area (Å²) in [6, 6.07) is 6.35. The van der Waals surface area contributed by atoms with Gasteiger partial charge in [-0.25, -0.2) is 13.1 Å². The van der Waals surface area contributed by atoms with E-state index < -0.39 is 16.1 Å². The van der Waals surface area contributed by atoms with Crippen LogP contribution in [0.2, 0.25) is 0 Å². The molecule has 0 saturated heterocycles. The van der Waals surface area contributed by atoms with E-state index in [1.807, 2.05) is 6.92 Å². The fourth-order valence-corrected chi connectivity index (χ4v) is 3.37. The van der Waals surface area contributed by atoms with Crippen LogP contribution in [0.4, 0.5) is 0 Å². The van der Waals surface area contributed by atoms with E-state index in [1.54, 1.807) is 24.3 Å². The molecule has 1 saturated carbocycles. The minimum Gasteiger partial charge on any atom is -0.391 e. The fourth-order valence-electron chi connectivity index (χ4n) is 2.06. The van der Waals surface area contributed by atoms with E-state index in [0.29, 0.717) is 12.8 Å². The van der Waals surface area contributed by atoms with Gasteiger partial charge in [-0.1, -0.05) is 17.7 Å². The first kappa shape index (κ1) is 12.5. The number of hydrogen-bond donors (Lipinski definition) is 2. The van der Waals surface area contributed by atoms with Crippen LogP contribution in [-0.2, 0) is 10.0 Å². The molecule has 2 N–H and O–H groups in total. The predicted molar refractivity (Wildman–Crippen MR) is 65.1 cm³/mol. The number of aliphatic hydroxyl groups excluding tert-OH is 1. The predicted octanol–water partition coefficient (Wildman–Crippen LogP) is 1.19. The van der Waals surface area contributed by atoms with Crippen molar-refractivity contribution in [1.82, 2.24) is 4.72 Å². The number of aryl methyl sites for hydroxylation is 1. The highest BCUT2D eigenvalue weighted by atomic mass is 32.2. The van der Waals surface area contributed by atoms with Crippen molar-refractivity contribution in [3.63, 3.8) is 0 Å². The molecule has 2 atom stereocenters. The van der Waals surface area contributed by atoms with E-state index in [0.717, 1.165) is 12.0 Å². The van der Waals surface area contributed by atoms with Gasteiger partial charge < -0.3 is 5.11 Å². The SMILES string of the molecule is Cc1ccc(S(=O)(=O)N[C@@H]2CCC[C@H]2O)cc1. The molecule has 2 rings (SSSR count). The van der Waals surface area contributed by atoms with Gasteiger partial charge in [-0.15, -0.1) is 0 Å². The largest absolute Gasteiger partial charge is 0.391 e. The van der Waals surface area contributed by atoms with E-state index in [2.05, 4.69) is 4.72 Å². The molecule has 0 aliphatic heterocycles. The van der Waals surface area contributed by atoms with Crippen LogP contribution in [0.15, 0.2) is 29.2 Å². The van der Waals surface area contributed by atoms with Crippen LogP contribution in [0, 0.1) is 6.92 Å². The van der Waals surface area contributed by atoms with Crippen LogP contribution in [0.3, 0.4) is 0 Å². The molecule has 5 heteroatoms. The second kappa shape index (κ2) is 4.76. The Kier molecular flexibility index (Phi) is 3.51. The van der Waals surface area contributed by atoms with Crippen LogP contribution >= 0.6 is 0 Å². The molecule has 1 fully saturated rings. The van der Waals surface area contributed by atoms with Crippen molar-refractivity contribution in [3.05, 3.63) is 29.8 Å². The summed E-state index contributed by atoms with van der Waals surface area (Å²) < 4.78 is 26.6. The molecule has 0 spiro atoms. The third-order valence-corrected chi connectivity index (χ3v) is 4.62. The maximum atomic E-state index is 12.0. The molecular weight excluding hydrogens is 238 g/mol. The van der Waals surface area contributed by atoms with E-state index in [4.69, 9.17) is 0 Å². The van der Waals surface area contributed by atoms with Gasteiger partial charge in [-0.2, -0.15) is 0 Å². The van der Waals surface area contributed by atoms with E-state index in [1.165, 1.54) is 0 Å².